The van der Waals surface area contributed by atoms with E-state index in [1.807, 2.05) is 0 Å². The molecule has 0 saturated carbocycles. The van der Waals surface area contributed by atoms with Crippen LogP contribution in [0.2, 0.25) is 13.1 Å². The molecule has 0 atom stereocenters. The van der Waals surface area contributed by atoms with Crippen molar-refractivity contribution in [3.8, 4) is 0 Å². The van der Waals surface area contributed by atoms with E-state index in [1.54, 1.807) is 0 Å². The van der Waals surface area contributed by atoms with Gasteiger partial charge in [-0.2, -0.15) is 0 Å². The van der Waals surface area contributed by atoms with Crippen molar-refractivity contribution in [2.75, 3.05) is 77.4 Å². The van der Waals surface area contributed by atoms with Crippen LogP contribution in [0, 0.1) is 0 Å². The molecular weight excluding hydrogens is 400 g/mol. The monoisotopic (exact) mass is 436 g/mol. The predicted molar refractivity (Wildman–Crippen MR) is 136 cm³/mol. The molecule has 31 heavy (non-hydrogen) atoms. The summed E-state index contributed by atoms with van der Waals surface area (Å²) < 4.78 is 5.49. The van der Waals surface area contributed by atoms with Gasteiger partial charge >= 0.3 is 0 Å². The summed E-state index contributed by atoms with van der Waals surface area (Å²) in [5.41, 5.74) is 6.35. The highest BCUT2D eigenvalue weighted by molar-refractivity contribution is 7.02. The van der Waals surface area contributed by atoms with Crippen LogP contribution in [0.1, 0.15) is 11.1 Å². The molecule has 2 heterocycles. The normalized spacial score (nSPS) is 17.7. The first-order chi connectivity index (χ1) is 14.8. The standard InChI is InChI=1S/C25H36N4OSi/c1-27(2)19-7-9-21-23(17-19)31(5,6)24-18-20(28(3)4)8-10-22(24)25(21)26-11-12-29-13-15-30-16-14-29/h7-10,17-18H,11-16H2,1-6H3. The molecule has 2 aromatic rings. The second-order valence-electron chi connectivity index (χ2n) is 9.56. The van der Waals surface area contributed by atoms with Gasteiger partial charge in [0.25, 0.3) is 0 Å². The Morgan fingerprint density at radius 1 is 0.871 bits per heavy atom. The topological polar surface area (TPSA) is 31.3 Å². The Bertz CT molecular complexity index is 914. The average molecular weight is 437 g/mol. The molecule has 6 heteroatoms. The second-order valence-corrected chi connectivity index (χ2v) is 13.9. The summed E-state index contributed by atoms with van der Waals surface area (Å²) in [5.74, 6) is 0. The fraction of sp³-hybridized carbons (Fsp3) is 0.480. The molecule has 1 fully saturated rings. The summed E-state index contributed by atoms with van der Waals surface area (Å²) in [6.45, 7) is 10.5. The summed E-state index contributed by atoms with van der Waals surface area (Å²) in [7, 11) is 6.62. The number of hydrogen-bond donors (Lipinski definition) is 0. The predicted octanol–water partition coefficient (Wildman–Crippen LogP) is 2.12. The SMILES string of the molecule is CN(C)c1ccc2c(c1)[Si](C)(C)c1cc(N(C)C)ccc1C2=NCCN1CCOCC1. The molecule has 0 spiro atoms. The lowest BCUT2D eigenvalue weighted by Crippen LogP contribution is -2.60. The lowest BCUT2D eigenvalue weighted by Gasteiger charge is -2.36. The van der Waals surface area contributed by atoms with E-state index in [2.05, 4.69) is 92.4 Å². The molecule has 0 amide bonds. The second kappa shape index (κ2) is 8.77. The van der Waals surface area contributed by atoms with Gasteiger partial charge in [-0.15, -0.1) is 0 Å². The first kappa shape index (κ1) is 22.1. The van der Waals surface area contributed by atoms with Crippen molar-refractivity contribution in [2.45, 2.75) is 13.1 Å². The van der Waals surface area contributed by atoms with Gasteiger partial charge in [0.1, 0.15) is 8.07 Å². The van der Waals surface area contributed by atoms with Crippen LogP contribution in [0.5, 0.6) is 0 Å². The Morgan fingerprint density at radius 3 is 1.87 bits per heavy atom. The smallest absolute Gasteiger partial charge is 0.114 e. The Balaban J connectivity index is 1.78. The summed E-state index contributed by atoms with van der Waals surface area (Å²) >= 11 is 0. The molecule has 2 aromatic carbocycles. The van der Waals surface area contributed by atoms with Gasteiger partial charge in [0.05, 0.1) is 25.5 Å². The third kappa shape index (κ3) is 4.29. The van der Waals surface area contributed by atoms with Crippen molar-refractivity contribution in [1.29, 1.82) is 0 Å². The minimum Gasteiger partial charge on any atom is -0.379 e. The zero-order valence-corrected chi connectivity index (χ0v) is 20.9. The van der Waals surface area contributed by atoms with E-state index in [1.165, 1.54) is 38.6 Å². The summed E-state index contributed by atoms with van der Waals surface area (Å²) in [5, 5.41) is 2.99. The van der Waals surface area contributed by atoms with E-state index < -0.39 is 8.07 Å². The van der Waals surface area contributed by atoms with E-state index in [9.17, 15) is 0 Å². The summed E-state index contributed by atoms with van der Waals surface area (Å²) in [6, 6.07) is 13.9. The average Bonchev–Trinajstić information content (AvgIpc) is 2.76. The Labute approximate surface area is 188 Å². The largest absolute Gasteiger partial charge is 0.379 e. The molecule has 0 radical (unpaired) electrons. The van der Waals surface area contributed by atoms with Crippen molar-refractivity contribution in [2.24, 2.45) is 4.99 Å². The van der Waals surface area contributed by atoms with Crippen LogP contribution < -0.4 is 20.2 Å². The van der Waals surface area contributed by atoms with Crippen molar-refractivity contribution >= 4 is 35.5 Å². The highest BCUT2D eigenvalue weighted by Crippen LogP contribution is 2.26. The van der Waals surface area contributed by atoms with Gasteiger partial charge in [-0.05, 0) is 34.6 Å². The third-order valence-electron chi connectivity index (χ3n) is 6.69. The Kier molecular flexibility index (Phi) is 6.24. The van der Waals surface area contributed by atoms with Crippen molar-refractivity contribution in [3.63, 3.8) is 0 Å². The number of benzene rings is 2. The molecule has 0 aliphatic carbocycles. The van der Waals surface area contributed by atoms with Gasteiger partial charge in [0.2, 0.25) is 0 Å². The zero-order chi connectivity index (χ0) is 22.2. The number of ether oxygens (including phenoxy) is 1. The minimum absolute atomic E-state index is 0.820. The van der Waals surface area contributed by atoms with Crippen LogP contribution in [-0.2, 0) is 4.74 Å². The number of nitrogens with zero attached hydrogens (tertiary/aromatic N) is 4. The maximum absolute atomic E-state index is 5.49. The highest BCUT2D eigenvalue weighted by Gasteiger charge is 2.38. The number of aliphatic imine (C=N–C) groups is 1. The van der Waals surface area contributed by atoms with Crippen molar-refractivity contribution in [3.05, 3.63) is 47.5 Å². The summed E-state index contributed by atoms with van der Waals surface area (Å²) in [4.78, 5) is 12.1. The van der Waals surface area contributed by atoms with Gasteiger partial charge in [-0.1, -0.05) is 25.2 Å². The molecule has 2 aliphatic rings. The van der Waals surface area contributed by atoms with E-state index in [0.717, 1.165) is 39.4 Å². The molecule has 166 valence electrons. The fourth-order valence-electron chi connectivity index (χ4n) is 4.66. The number of morpholine rings is 1. The molecule has 0 unspecified atom stereocenters. The quantitative estimate of drug-likeness (QED) is 0.672. The molecular formula is C25H36N4OSi. The van der Waals surface area contributed by atoms with Crippen LogP contribution in [-0.4, -0.2) is 86.3 Å². The lowest BCUT2D eigenvalue weighted by molar-refractivity contribution is 0.0394. The molecule has 1 saturated heterocycles. The van der Waals surface area contributed by atoms with E-state index in [0.29, 0.717) is 0 Å². The lowest BCUT2D eigenvalue weighted by atomic mass is 10.00. The van der Waals surface area contributed by atoms with Gasteiger partial charge < -0.3 is 14.5 Å². The van der Waals surface area contributed by atoms with Crippen LogP contribution in [0.15, 0.2) is 41.4 Å². The van der Waals surface area contributed by atoms with Crippen LogP contribution in [0.3, 0.4) is 0 Å². The molecule has 0 bridgehead atoms. The van der Waals surface area contributed by atoms with Crippen LogP contribution in [0.25, 0.3) is 0 Å². The number of anilines is 2. The maximum atomic E-state index is 5.49. The van der Waals surface area contributed by atoms with E-state index >= 15 is 0 Å². The van der Waals surface area contributed by atoms with E-state index in [4.69, 9.17) is 9.73 Å². The van der Waals surface area contributed by atoms with Gasteiger partial charge in [0, 0.05) is 70.3 Å². The molecule has 0 aromatic heterocycles. The molecule has 0 N–H and O–H groups in total. The Hall–Kier alpha value is -2.15. The van der Waals surface area contributed by atoms with Crippen LogP contribution in [0.4, 0.5) is 11.4 Å². The van der Waals surface area contributed by atoms with Gasteiger partial charge in [0.15, 0.2) is 0 Å². The highest BCUT2D eigenvalue weighted by atomic mass is 28.3. The molecule has 2 aliphatic heterocycles. The first-order valence-electron chi connectivity index (χ1n) is 11.3. The molecule has 4 rings (SSSR count). The fourth-order valence-corrected chi connectivity index (χ4v) is 7.71. The Morgan fingerprint density at radius 2 is 1.39 bits per heavy atom. The maximum Gasteiger partial charge on any atom is 0.114 e. The third-order valence-corrected chi connectivity index (χ3v) is 10.2. The number of fused-ring (bicyclic) bond motifs is 2. The van der Waals surface area contributed by atoms with Gasteiger partial charge in [-0.25, -0.2) is 0 Å². The molecule has 5 nitrogen and oxygen atoms in total. The van der Waals surface area contributed by atoms with Crippen molar-refractivity contribution in [1.82, 2.24) is 4.90 Å². The first-order valence-corrected chi connectivity index (χ1v) is 14.3. The summed E-state index contributed by atoms with van der Waals surface area (Å²) in [6.07, 6.45) is 0. The minimum atomic E-state index is -1.86. The zero-order valence-electron chi connectivity index (χ0n) is 19.9. The number of hydrogen-bond acceptors (Lipinski definition) is 5. The van der Waals surface area contributed by atoms with Crippen molar-refractivity contribution < 1.29 is 4.74 Å². The van der Waals surface area contributed by atoms with Crippen LogP contribution >= 0.6 is 0 Å². The van der Waals surface area contributed by atoms with Gasteiger partial charge in [-0.3, -0.25) is 9.89 Å². The van der Waals surface area contributed by atoms with E-state index in [-0.39, 0.29) is 0 Å². The number of rotatable bonds is 5.